The zero-order chi connectivity index (χ0) is 41.9. The molecule has 10 heteroatoms. The summed E-state index contributed by atoms with van der Waals surface area (Å²) in [7, 11) is -0.763. The van der Waals surface area contributed by atoms with Gasteiger partial charge in [0.15, 0.2) is 6.10 Å². The number of allylic oxidation sites excluding steroid dienone is 16. The number of likely N-dealkylation sites (N-methyl/N-ethyl adjacent to an activating group) is 1. The number of hydrogen-bond donors (Lipinski definition) is 1. The molecule has 0 aromatic rings. The largest absolute Gasteiger partial charge is 0.472 e. The minimum atomic E-state index is -4.39. The quantitative estimate of drug-likeness (QED) is 0.0282. The molecule has 0 rings (SSSR count). The summed E-state index contributed by atoms with van der Waals surface area (Å²) in [5.41, 5.74) is 0. The van der Waals surface area contributed by atoms with E-state index in [1.165, 1.54) is 25.7 Å². The average Bonchev–Trinajstić information content (AvgIpc) is 3.18. The lowest BCUT2D eigenvalue weighted by atomic mass is 10.1. The molecule has 0 spiro atoms. The zero-order valence-corrected chi connectivity index (χ0v) is 36.9. The van der Waals surface area contributed by atoms with Crippen LogP contribution in [0.1, 0.15) is 142 Å². The molecule has 0 saturated heterocycles. The van der Waals surface area contributed by atoms with Gasteiger partial charge in [-0.15, -0.1) is 0 Å². The number of carbonyl (C=O) groups excluding carboxylic acids is 2. The highest BCUT2D eigenvalue weighted by Crippen LogP contribution is 2.43. The number of carbonyl (C=O) groups is 2. The van der Waals surface area contributed by atoms with E-state index in [1.807, 2.05) is 14.1 Å². The molecule has 0 bridgehead atoms. The third-order valence-electron chi connectivity index (χ3n) is 8.37. The third kappa shape index (κ3) is 42.4. The number of ether oxygens (including phenoxy) is 2. The van der Waals surface area contributed by atoms with Gasteiger partial charge in [-0.1, -0.05) is 130 Å². The lowest BCUT2D eigenvalue weighted by molar-refractivity contribution is -0.161. The molecule has 0 aliphatic rings. The lowest BCUT2D eigenvalue weighted by Gasteiger charge is -2.20. The standard InChI is InChI=1S/C47H78NO8P/c1-5-7-9-11-13-15-17-19-21-22-23-24-26-27-29-31-33-35-37-39-46(49)53-43-45(44-55-57(51,52)54-42-41-48(3)4)56-47(50)40-38-36-34-32-30-28-25-20-18-16-14-12-10-8-6-2/h8,10,13-16,19-21,23-25,27,29-30,32,45H,5-7,9,11-12,17-18,22,26,28,31,33-44H2,1-4H3,(H,51,52)/b10-8-,15-13-,16-14-,21-19-,24-23-,25-20-,29-27-,32-30-. The number of phosphoric acid groups is 1. The van der Waals surface area contributed by atoms with E-state index in [-0.39, 0.29) is 26.1 Å². The smallest absolute Gasteiger partial charge is 0.462 e. The highest BCUT2D eigenvalue weighted by Gasteiger charge is 2.26. The molecule has 0 aromatic heterocycles. The Morgan fingerprint density at radius 2 is 1.00 bits per heavy atom. The maximum Gasteiger partial charge on any atom is 0.472 e. The fourth-order valence-corrected chi connectivity index (χ4v) is 5.81. The average molecular weight is 816 g/mol. The van der Waals surface area contributed by atoms with Crippen LogP contribution in [0, 0.1) is 0 Å². The number of nitrogens with zero attached hydrogens (tertiary/aromatic N) is 1. The second-order valence-corrected chi connectivity index (χ2v) is 15.6. The van der Waals surface area contributed by atoms with Crippen LogP contribution in [0.15, 0.2) is 97.2 Å². The molecule has 0 radical (unpaired) electrons. The molecule has 0 heterocycles. The van der Waals surface area contributed by atoms with Gasteiger partial charge in [0.05, 0.1) is 13.2 Å². The van der Waals surface area contributed by atoms with Crippen molar-refractivity contribution in [2.24, 2.45) is 0 Å². The van der Waals surface area contributed by atoms with Crippen LogP contribution in [-0.4, -0.2) is 68.3 Å². The van der Waals surface area contributed by atoms with Crippen molar-refractivity contribution in [1.82, 2.24) is 4.90 Å². The summed E-state index contributed by atoms with van der Waals surface area (Å²) < 4.78 is 33.4. The number of hydrogen-bond acceptors (Lipinski definition) is 8. The van der Waals surface area contributed by atoms with E-state index >= 15 is 0 Å². The summed E-state index contributed by atoms with van der Waals surface area (Å²) in [4.78, 5) is 37.0. The van der Waals surface area contributed by atoms with Gasteiger partial charge in [0.1, 0.15) is 6.61 Å². The Balaban J connectivity index is 4.45. The Hall–Kier alpha value is -3.07. The van der Waals surface area contributed by atoms with Gasteiger partial charge in [0.25, 0.3) is 0 Å². The Kier molecular flexibility index (Phi) is 38.9. The SMILES string of the molecule is CC/C=C\C/C=C\C/C=C\C/C=C\CCCCC(=O)OC(COC(=O)CCCCC/C=C\C/C=C\C/C=C\C/C=C\CCCCC)COP(=O)(O)OCCN(C)C. The molecule has 0 amide bonds. The maximum atomic E-state index is 12.6. The van der Waals surface area contributed by atoms with Gasteiger partial charge >= 0.3 is 19.8 Å². The fourth-order valence-electron chi connectivity index (χ4n) is 5.07. The van der Waals surface area contributed by atoms with E-state index in [9.17, 15) is 19.0 Å². The van der Waals surface area contributed by atoms with E-state index in [0.29, 0.717) is 19.4 Å². The molecule has 1 N–H and O–H groups in total. The first-order valence-corrected chi connectivity index (χ1v) is 23.0. The van der Waals surface area contributed by atoms with Crippen LogP contribution in [0.25, 0.3) is 0 Å². The van der Waals surface area contributed by atoms with Crippen LogP contribution in [0.3, 0.4) is 0 Å². The van der Waals surface area contributed by atoms with Crippen molar-refractivity contribution in [3.63, 3.8) is 0 Å². The molecular formula is C47H78NO8P. The maximum absolute atomic E-state index is 12.6. The number of esters is 2. The van der Waals surface area contributed by atoms with Crippen LogP contribution < -0.4 is 0 Å². The zero-order valence-electron chi connectivity index (χ0n) is 36.0. The fraction of sp³-hybridized carbons (Fsp3) is 0.617. The topological polar surface area (TPSA) is 112 Å². The van der Waals surface area contributed by atoms with Crippen molar-refractivity contribution < 1.29 is 37.6 Å². The molecule has 2 unspecified atom stereocenters. The van der Waals surface area contributed by atoms with E-state index in [2.05, 4.69) is 111 Å². The summed E-state index contributed by atoms with van der Waals surface area (Å²) in [5.74, 6) is -0.899. The molecule has 0 fully saturated rings. The van der Waals surface area contributed by atoms with Crippen molar-refractivity contribution in [3.8, 4) is 0 Å². The van der Waals surface area contributed by atoms with Gasteiger partial charge < -0.3 is 19.3 Å². The van der Waals surface area contributed by atoms with E-state index in [0.717, 1.165) is 77.0 Å². The Morgan fingerprint density at radius 3 is 1.49 bits per heavy atom. The second kappa shape index (κ2) is 41.1. The van der Waals surface area contributed by atoms with Crippen LogP contribution >= 0.6 is 7.82 Å². The van der Waals surface area contributed by atoms with E-state index in [4.69, 9.17) is 18.5 Å². The van der Waals surface area contributed by atoms with Crippen molar-refractivity contribution in [2.45, 2.75) is 148 Å². The van der Waals surface area contributed by atoms with Crippen molar-refractivity contribution in [1.29, 1.82) is 0 Å². The predicted octanol–water partition coefficient (Wildman–Crippen LogP) is 12.4. The van der Waals surface area contributed by atoms with Gasteiger partial charge in [-0.25, -0.2) is 4.57 Å². The third-order valence-corrected chi connectivity index (χ3v) is 9.36. The Labute approximate surface area is 347 Å². The van der Waals surface area contributed by atoms with Crippen molar-refractivity contribution in [2.75, 3.05) is 40.5 Å². The van der Waals surface area contributed by atoms with Crippen molar-refractivity contribution >= 4 is 19.8 Å². The number of phosphoric ester groups is 1. The van der Waals surface area contributed by atoms with Crippen LogP contribution in [0.2, 0.25) is 0 Å². The molecule has 57 heavy (non-hydrogen) atoms. The number of rotatable bonds is 38. The molecule has 0 saturated carbocycles. The van der Waals surface area contributed by atoms with Gasteiger partial charge in [0.2, 0.25) is 0 Å². The van der Waals surface area contributed by atoms with Crippen LogP contribution in [-0.2, 0) is 32.7 Å². The molecule has 9 nitrogen and oxygen atoms in total. The van der Waals surface area contributed by atoms with Crippen molar-refractivity contribution in [3.05, 3.63) is 97.2 Å². The molecular weight excluding hydrogens is 737 g/mol. The first-order chi connectivity index (χ1) is 27.7. The summed E-state index contributed by atoms with van der Waals surface area (Å²) >= 11 is 0. The molecule has 324 valence electrons. The summed E-state index contributed by atoms with van der Waals surface area (Å²) in [6.07, 6.45) is 51.7. The Bertz CT molecular complexity index is 1260. The highest BCUT2D eigenvalue weighted by atomic mass is 31.2. The van der Waals surface area contributed by atoms with E-state index < -0.39 is 32.5 Å². The first-order valence-electron chi connectivity index (χ1n) is 21.5. The van der Waals surface area contributed by atoms with Crippen LogP contribution in [0.4, 0.5) is 0 Å². The van der Waals surface area contributed by atoms with E-state index in [1.54, 1.807) is 4.90 Å². The molecule has 0 aliphatic heterocycles. The molecule has 0 aromatic carbocycles. The number of unbranched alkanes of at least 4 members (excludes halogenated alkanes) is 8. The highest BCUT2D eigenvalue weighted by molar-refractivity contribution is 7.47. The summed E-state index contributed by atoms with van der Waals surface area (Å²) in [5, 5.41) is 0. The lowest BCUT2D eigenvalue weighted by Crippen LogP contribution is -2.29. The Morgan fingerprint density at radius 1 is 0.561 bits per heavy atom. The van der Waals surface area contributed by atoms with Gasteiger partial charge in [-0.2, -0.15) is 0 Å². The minimum Gasteiger partial charge on any atom is -0.462 e. The monoisotopic (exact) mass is 816 g/mol. The normalized spacial score (nSPS) is 14.4. The summed E-state index contributed by atoms with van der Waals surface area (Å²) in [6, 6.07) is 0. The molecule has 2 atom stereocenters. The van der Waals surface area contributed by atoms with Crippen LogP contribution in [0.5, 0.6) is 0 Å². The minimum absolute atomic E-state index is 0.0120. The second-order valence-electron chi connectivity index (χ2n) is 14.1. The van der Waals surface area contributed by atoms with Gasteiger partial charge in [-0.3, -0.25) is 18.6 Å². The summed E-state index contributed by atoms with van der Waals surface area (Å²) in [6.45, 7) is 4.06. The first kappa shape index (κ1) is 53.9. The predicted molar refractivity (Wildman–Crippen MR) is 238 cm³/mol. The van der Waals surface area contributed by atoms with Gasteiger partial charge in [0, 0.05) is 19.4 Å². The van der Waals surface area contributed by atoms with Gasteiger partial charge in [-0.05, 0) is 110 Å². The molecule has 0 aliphatic carbocycles.